The zero-order valence-corrected chi connectivity index (χ0v) is 17.3. The van der Waals surface area contributed by atoms with E-state index in [1.807, 2.05) is 24.4 Å². The van der Waals surface area contributed by atoms with Crippen molar-refractivity contribution in [2.24, 2.45) is 5.92 Å². The maximum Gasteiger partial charge on any atom is 0.220 e. The van der Waals surface area contributed by atoms with Crippen molar-refractivity contribution < 1.29 is 14.2 Å². The lowest BCUT2D eigenvalue weighted by atomic mass is 10.0. The van der Waals surface area contributed by atoms with Crippen molar-refractivity contribution in [3.63, 3.8) is 0 Å². The Labute approximate surface area is 180 Å². The minimum Gasteiger partial charge on any atom is -0.381 e. The minimum atomic E-state index is -0.903. The van der Waals surface area contributed by atoms with Gasteiger partial charge in [0.2, 0.25) is 5.95 Å². The standard InChI is InChI=1S/C24H25FN4O2/c25-20-12-27-23(26)28-22(20)19-14-29(13-17-6-10-31-15-17)21-4-3-16(11-18(19)21)5-9-24(30)7-1-2-8-24/h3-4,11-12,14,17,30H,1-2,6-8,10,13,15H2,(H2,26,27,28). The van der Waals surface area contributed by atoms with Crippen LogP contribution >= 0.6 is 0 Å². The first-order chi connectivity index (χ1) is 15.0. The molecule has 160 valence electrons. The molecule has 0 amide bonds. The number of nitrogens with two attached hydrogens (primary N) is 1. The van der Waals surface area contributed by atoms with Crippen LogP contribution in [0, 0.1) is 23.6 Å². The predicted octanol–water partition coefficient (Wildman–Crippen LogP) is 3.51. The van der Waals surface area contributed by atoms with Gasteiger partial charge in [-0.2, -0.15) is 0 Å². The molecule has 1 saturated heterocycles. The number of rotatable bonds is 3. The third-order valence-corrected chi connectivity index (χ3v) is 6.25. The van der Waals surface area contributed by atoms with Gasteiger partial charge in [0.25, 0.3) is 0 Å². The molecular weight excluding hydrogens is 395 g/mol. The Morgan fingerprint density at radius 1 is 1.32 bits per heavy atom. The molecule has 0 spiro atoms. The van der Waals surface area contributed by atoms with Gasteiger partial charge in [-0.15, -0.1) is 0 Å². The SMILES string of the molecule is Nc1ncc(F)c(-c2cn(CC3CCOC3)c3ccc(C#CC4(O)CCCC4)cc23)n1. The molecule has 3 heterocycles. The number of ether oxygens (including phenoxy) is 1. The second-order valence-electron chi connectivity index (χ2n) is 8.57. The molecule has 3 N–H and O–H groups in total. The van der Waals surface area contributed by atoms with Crippen LogP contribution in [0.3, 0.4) is 0 Å². The number of aromatic nitrogens is 3. The fourth-order valence-corrected chi connectivity index (χ4v) is 4.56. The van der Waals surface area contributed by atoms with Gasteiger partial charge in [-0.3, -0.25) is 0 Å². The van der Waals surface area contributed by atoms with Crippen LogP contribution in [0.1, 0.15) is 37.7 Å². The van der Waals surface area contributed by atoms with Crippen molar-refractivity contribution in [3.05, 3.63) is 42.0 Å². The third-order valence-electron chi connectivity index (χ3n) is 6.25. The Hall–Kier alpha value is -2.95. The Balaban J connectivity index is 1.61. The molecule has 2 aliphatic rings. The molecular formula is C24H25FN4O2. The lowest BCUT2D eigenvalue weighted by Gasteiger charge is -2.12. The molecule has 31 heavy (non-hydrogen) atoms. The summed E-state index contributed by atoms with van der Waals surface area (Å²) in [7, 11) is 0. The molecule has 7 heteroatoms. The Morgan fingerprint density at radius 2 is 2.16 bits per heavy atom. The second-order valence-corrected chi connectivity index (χ2v) is 8.57. The molecule has 2 fully saturated rings. The van der Waals surface area contributed by atoms with Crippen molar-refractivity contribution in [3.8, 4) is 23.1 Å². The van der Waals surface area contributed by atoms with Crippen LogP contribution in [0.25, 0.3) is 22.2 Å². The van der Waals surface area contributed by atoms with Gasteiger partial charge in [-0.25, -0.2) is 14.4 Å². The maximum atomic E-state index is 14.6. The molecule has 1 aromatic carbocycles. The topological polar surface area (TPSA) is 86.2 Å². The lowest BCUT2D eigenvalue weighted by Crippen LogP contribution is -2.20. The van der Waals surface area contributed by atoms with Crippen molar-refractivity contribution in [1.82, 2.24) is 14.5 Å². The molecule has 1 saturated carbocycles. The highest BCUT2D eigenvalue weighted by Gasteiger charge is 2.28. The summed E-state index contributed by atoms with van der Waals surface area (Å²) in [4.78, 5) is 7.92. The van der Waals surface area contributed by atoms with Gasteiger partial charge >= 0.3 is 0 Å². The van der Waals surface area contributed by atoms with E-state index in [0.717, 1.165) is 61.7 Å². The molecule has 1 aliphatic heterocycles. The fourth-order valence-electron chi connectivity index (χ4n) is 4.56. The average molecular weight is 420 g/mol. The third kappa shape index (κ3) is 4.01. The van der Waals surface area contributed by atoms with E-state index >= 15 is 0 Å². The van der Waals surface area contributed by atoms with Gasteiger partial charge in [0.1, 0.15) is 11.3 Å². The number of nitrogens with zero attached hydrogens (tertiary/aromatic N) is 3. The molecule has 1 unspecified atom stereocenters. The molecule has 0 radical (unpaired) electrons. The van der Waals surface area contributed by atoms with E-state index in [2.05, 4.69) is 26.4 Å². The molecule has 0 bridgehead atoms. The number of nitrogen functional groups attached to an aromatic ring is 1. The predicted molar refractivity (Wildman–Crippen MR) is 117 cm³/mol. The van der Waals surface area contributed by atoms with Crippen LogP contribution in [0.15, 0.2) is 30.6 Å². The van der Waals surface area contributed by atoms with Crippen LogP contribution in [-0.4, -0.2) is 38.5 Å². The van der Waals surface area contributed by atoms with Gasteiger partial charge in [0.05, 0.1) is 12.8 Å². The second kappa shape index (κ2) is 7.95. The molecule has 3 aromatic rings. The van der Waals surface area contributed by atoms with Gasteiger partial charge in [-0.05, 0) is 50.3 Å². The first kappa shape index (κ1) is 20.0. The highest BCUT2D eigenvalue weighted by atomic mass is 19.1. The highest BCUT2D eigenvalue weighted by molar-refractivity contribution is 5.96. The van der Waals surface area contributed by atoms with Gasteiger partial charge in [0, 0.05) is 47.3 Å². The maximum absolute atomic E-state index is 14.6. The van der Waals surface area contributed by atoms with E-state index < -0.39 is 11.4 Å². The smallest absolute Gasteiger partial charge is 0.220 e. The number of halogens is 1. The van der Waals surface area contributed by atoms with E-state index in [1.165, 1.54) is 0 Å². The first-order valence-electron chi connectivity index (χ1n) is 10.8. The monoisotopic (exact) mass is 420 g/mol. The normalized spacial score (nSPS) is 20.1. The van der Waals surface area contributed by atoms with Crippen molar-refractivity contribution in [1.29, 1.82) is 0 Å². The van der Waals surface area contributed by atoms with Crippen molar-refractivity contribution >= 4 is 16.9 Å². The molecule has 1 aliphatic carbocycles. The molecule has 5 rings (SSSR count). The number of hydrogen-bond acceptors (Lipinski definition) is 5. The minimum absolute atomic E-state index is 0.0286. The van der Waals surface area contributed by atoms with Gasteiger partial charge in [0.15, 0.2) is 5.82 Å². The number of anilines is 1. The Kier molecular flexibility index (Phi) is 5.12. The Bertz CT molecular complexity index is 1180. The number of aliphatic hydroxyl groups is 1. The number of benzene rings is 1. The highest BCUT2D eigenvalue weighted by Crippen LogP contribution is 2.33. The van der Waals surface area contributed by atoms with Gasteiger partial charge in [-0.1, -0.05) is 11.8 Å². The van der Waals surface area contributed by atoms with Crippen LogP contribution in [0.2, 0.25) is 0 Å². The Morgan fingerprint density at radius 3 is 2.94 bits per heavy atom. The number of fused-ring (bicyclic) bond motifs is 1. The molecule has 1 atom stereocenters. The van der Waals surface area contributed by atoms with Gasteiger partial charge < -0.3 is 20.1 Å². The van der Waals surface area contributed by atoms with E-state index in [4.69, 9.17) is 10.5 Å². The van der Waals surface area contributed by atoms with E-state index in [-0.39, 0.29) is 11.6 Å². The summed E-state index contributed by atoms with van der Waals surface area (Å²) in [6.45, 7) is 2.28. The van der Waals surface area contributed by atoms with Crippen molar-refractivity contribution in [2.45, 2.75) is 44.2 Å². The first-order valence-corrected chi connectivity index (χ1v) is 10.8. The van der Waals surface area contributed by atoms with Crippen LogP contribution in [0.4, 0.5) is 10.3 Å². The summed E-state index contributed by atoms with van der Waals surface area (Å²) in [6, 6.07) is 5.89. The zero-order valence-electron chi connectivity index (χ0n) is 17.3. The quantitative estimate of drug-likeness (QED) is 0.634. The fraction of sp³-hybridized carbons (Fsp3) is 0.417. The summed E-state index contributed by atoms with van der Waals surface area (Å²) >= 11 is 0. The number of hydrogen-bond donors (Lipinski definition) is 2. The largest absolute Gasteiger partial charge is 0.381 e. The zero-order chi connectivity index (χ0) is 21.4. The van der Waals surface area contributed by atoms with E-state index in [1.54, 1.807) is 0 Å². The lowest BCUT2D eigenvalue weighted by molar-refractivity contribution is 0.110. The van der Waals surface area contributed by atoms with Crippen molar-refractivity contribution in [2.75, 3.05) is 18.9 Å². The summed E-state index contributed by atoms with van der Waals surface area (Å²) < 4.78 is 22.3. The molecule has 6 nitrogen and oxygen atoms in total. The summed E-state index contributed by atoms with van der Waals surface area (Å²) in [5.74, 6) is 6.10. The van der Waals surface area contributed by atoms with Crippen LogP contribution in [0.5, 0.6) is 0 Å². The van der Waals surface area contributed by atoms with E-state index in [0.29, 0.717) is 24.3 Å². The average Bonchev–Trinajstić information content (AvgIpc) is 3.50. The van der Waals surface area contributed by atoms with Crippen LogP contribution in [-0.2, 0) is 11.3 Å². The summed E-state index contributed by atoms with van der Waals surface area (Å²) in [5.41, 5.74) is 7.43. The van der Waals surface area contributed by atoms with Crippen LogP contribution < -0.4 is 5.73 Å². The summed E-state index contributed by atoms with van der Waals surface area (Å²) in [5, 5.41) is 11.4. The molecule has 2 aromatic heterocycles. The van der Waals surface area contributed by atoms with E-state index in [9.17, 15) is 9.50 Å². The summed E-state index contributed by atoms with van der Waals surface area (Å²) in [6.07, 6.45) is 7.44.